The van der Waals surface area contributed by atoms with Gasteiger partial charge < -0.3 is 10.1 Å². The molecule has 0 saturated heterocycles. The molecule has 0 aliphatic heterocycles. The molecule has 0 bridgehead atoms. The Bertz CT molecular complexity index is 383. The van der Waals surface area contributed by atoms with Crippen LogP contribution in [0.15, 0.2) is 5.10 Å². The first-order valence-corrected chi connectivity index (χ1v) is 4.23. The van der Waals surface area contributed by atoms with E-state index < -0.39 is 10.8 Å². The van der Waals surface area contributed by atoms with E-state index in [1.807, 2.05) is 0 Å². The van der Waals surface area contributed by atoms with E-state index >= 15 is 0 Å². The quantitative estimate of drug-likeness (QED) is 0.281. The van der Waals surface area contributed by atoms with Gasteiger partial charge in [0.1, 0.15) is 0 Å². The van der Waals surface area contributed by atoms with Crippen molar-refractivity contribution in [3.8, 4) is 0 Å². The Morgan fingerprint density at radius 3 is 2.73 bits per heavy atom. The second-order valence-electron chi connectivity index (χ2n) is 2.83. The number of nitro groups is 1. The first-order chi connectivity index (χ1) is 7.04. The third-order valence-corrected chi connectivity index (χ3v) is 1.40. The van der Waals surface area contributed by atoms with Crippen LogP contribution in [0.4, 0.5) is 0 Å². The highest BCUT2D eigenvalue weighted by Crippen LogP contribution is 1.94. The molecule has 9 nitrogen and oxygen atoms in total. The van der Waals surface area contributed by atoms with E-state index in [0.29, 0.717) is 6.54 Å². The molecule has 0 aliphatic carbocycles. The Morgan fingerprint density at radius 1 is 1.67 bits per heavy atom. The number of hydrogen-bond donors (Lipinski definition) is 0. The summed E-state index contributed by atoms with van der Waals surface area (Å²) in [5.74, 6) is -0.504. The summed E-state index contributed by atoms with van der Waals surface area (Å²) in [6.07, 6.45) is 0. The first-order valence-electron chi connectivity index (χ1n) is 4.23. The summed E-state index contributed by atoms with van der Waals surface area (Å²) in [5.41, 5.74) is 0. The molecule has 0 aromatic carbocycles. The maximum atomic E-state index is 10.7. The second-order valence-corrected chi connectivity index (χ2v) is 2.83. The number of aromatic nitrogens is 4. The van der Waals surface area contributed by atoms with Gasteiger partial charge in [0.05, 0.1) is 11.6 Å². The van der Waals surface area contributed by atoms with Crippen LogP contribution in [0.3, 0.4) is 0 Å². The SMILES string of the molecule is CCn1nnc(C(=NN(C)C)[N+](=O)[O-])n1. The lowest BCUT2D eigenvalue weighted by Gasteiger charge is -1.97. The molecule has 0 spiro atoms. The van der Waals surface area contributed by atoms with Crippen LogP contribution in [-0.4, -0.2) is 50.1 Å². The van der Waals surface area contributed by atoms with Crippen LogP contribution in [0.25, 0.3) is 0 Å². The molecule has 0 atom stereocenters. The van der Waals surface area contributed by atoms with Crippen molar-refractivity contribution in [3.05, 3.63) is 15.9 Å². The average Bonchev–Trinajstić information content (AvgIpc) is 2.61. The smallest absolute Gasteiger partial charge is 0.358 e. The van der Waals surface area contributed by atoms with Gasteiger partial charge in [0, 0.05) is 14.1 Å². The number of rotatable bonds is 3. The molecule has 82 valence electrons. The maximum absolute atomic E-state index is 10.7. The van der Waals surface area contributed by atoms with Crippen LogP contribution in [0.1, 0.15) is 12.7 Å². The molecule has 9 heteroatoms. The minimum Gasteiger partial charge on any atom is -0.358 e. The zero-order chi connectivity index (χ0) is 11.4. The Hall–Kier alpha value is -2.06. The van der Waals surface area contributed by atoms with Gasteiger partial charge in [-0.1, -0.05) is 5.10 Å². The molecule has 1 heterocycles. The lowest BCUT2D eigenvalue weighted by atomic mass is 10.6. The van der Waals surface area contributed by atoms with Crippen LogP contribution in [0.5, 0.6) is 0 Å². The average molecular weight is 213 g/mol. The van der Waals surface area contributed by atoms with Gasteiger partial charge in [-0.05, 0) is 17.1 Å². The third kappa shape index (κ3) is 2.69. The van der Waals surface area contributed by atoms with Gasteiger partial charge in [-0.25, -0.2) is 5.01 Å². The lowest BCUT2D eigenvalue weighted by Crippen LogP contribution is -2.20. The van der Waals surface area contributed by atoms with Crippen molar-refractivity contribution < 1.29 is 4.92 Å². The fourth-order valence-electron chi connectivity index (χ4n) is 0.819. The van der Waals surface area contributed by atoms with Crippen LogP contribution < -0.4 is 0 Å². The van der Waals surface area contributed by atoms with Crippen molar-refractivity contribution in [2.45, 2.75) is 13.5 Å². The predicted octanol–water partition coefficient (Wildman–Crippen LogP) is -0.807. The van der Waals surface area contributed by atoms with E-state index in [1.165, 1.54) is 9.81 Å². The Balaban J connectivity index is 3.05. The van der Waals surface area contributed by atoms with Gasteiger partial charge in [0.25, 0.3) is 5.82 Å². The van der Waals surface area contributed by atoms with E-state index in [9.17, 15) is 10.1 Å². The highest BCUT2D eigenvalue weighted by molar-refractivity contribution is 5.87. The van der Waals surface area contributed by atoms with Crippen molar-refractivity contribution in [2.24, 2.45) is 5.10 Å². The largest absolute Gasteiger partial charge is 0.436 e. The number of amidine groups is 1. The Morgan fingerprint density at radius 2 is 2.33 bits per heavy atom. The minimum absolute atomic E-state index is 0.0875. The van der Waals surface area contributed by atoms with Crippen LogP contribution in [-0.2, 0) is 6.54 Å². The van der Waals surface area contributed by atoms with Crippen molar-refractivity contribution in [1.29, 1.82) is 0 Å². The van der Waals surface area contributed by atoms with Crippen LogP contribution >= 0.6 is 0 Å². The summed E-state index contributed by atoms with van der Waals surface area (Å²) in [6.45, 7) is 2.31. The van der Waals surface area contributed by atoms with E-state index in [1.54, 1.807) is 21.0 Å². The standard InChI is InChI=1S/C6H11N7O2/c1-4-12-8-5(7-10-12)6(13(14)15)9-11(2)3/h4H2,1-3H3. The zero-order valence-corrected chi connectivity index (χ0v) is 8.65. The second kappa shape index (κ2) is 4.44. The molecule has 15 heavy (non-hydrogen) atoms. The van der Waals surface area contributed by atoms with E-state index in [0.717, 1.165) is 0 Å². The summed E-state index contributed by atoms with van der Waals surface area (Å²) in [5, 5.41) is 26.6. The lowest BCUT2D eigenvalue weighted by molar-refractivity contribution is -0.350. The van der Waals surface area contributed by atoms with Crippen molar-refractivity contribution in [2.75, 3.05) is 14.1 Å². The maximum Gasteiger partial charge on any atom is 0.436 e. The molecular formula is C6H11N7O2. The predicted molar refractivity (Wildman–Crippen MR) is 50.7 cm³/mol. The molecule has 0 amide bonds. The van der Waals surface area contributed by atoms with Crippen molar-refractivity contribution in [3.63, 3.8) is 0 Å². The fourth-order valence-corrected chi connectivity index (χ4v) is 0.819. The fraction of sp³-hybridized carbons (Fsp3) is 0.667. The number of hydrogen-bond acceptors (Lipinski definition) is 7. The van der Waals surface area contributed by atoms with Gasteiger partial charge in [-0.2, -0.15) is 4.80 Å². The summed E-state index contributed by atoms with van der Waals surface area (Å²) < 4.78 is 0. The molecule has 0 N–H and O–H groups in total. The minimum atomic E-state index is -0.642. The summed E-state index contributed by atoms with van der Waals surface area (Å²) in [4.78, 5) is 11.3. The molecule has 1 aromatic rings. The summed E-state index contributed by atoms with van der Waals surface area (Å²) in [7, 11) is 3.15. The zero-order valence-electron chi connectivity index (χ0n) is 8.65. The molecule has 0 unspecified atom stereocenters. The molecule has 0 saturated carbocycles. The van der Waals surface area contributed by atoms with Crippen LogP contribution in [0.2, 0.25) is 0 Å². The van der Waals surface area contributed by atoms with E-state index in [-0.39, 0.29) is 5.82 Å². The summed E-state index contributed by atoms with van der Waals surface area (Å²) >= 11 is 0. The number of nitrogens with zero attached hydrogens (tertiary/aromatic N) is 7. The highest BCUT2D eigenvalue weighted by Gasteiger charge is 2.23. The molecule has 1 rings (SSSR count). The van der Waals surface area contributed by atoms with Gasteiger partial charge in [0.2, 0.25) is 0 Å². The highest BCUT2D eigenvalue weighted by atomic mass is 16.6. The Labute approximate surface area is 85.5 Å². The summed E-state index contributed by atoms with van der Waals surface area (Å²) in [6, 6.07) is 0. The van der Waals surface area contributed by atoms with Crippen molar-refractivity contribution in [1.82, 2.24) is 25.2 Å². The van der Waals surface area contributed by atoms with E-state index in [2.05, 4.69) is 20.5 Å². The Kier molecular flexibility index (Phi) is 3.26. The topological polar surface area (TPSA) is 102 Å². The first kappa shape index (κ1) is 11.0. The van der Waals surface area contributed by atoms with Gasteiger partial charge in [-0.3, -0.25) is 0 Å². The molecular weight excluding hydrogens is 202 g/mol. The number of tetrazole rings is 1. The number of hydrazone groups is 1. The normalized spacial score (nSPS) is 11.5. The van der Waals surface area contributed by atoms with Crippen LogP contribution in [0, 0.1) is 10.1 Å². The van der Waals surface area contributed by atoms with Gasteiger partial charge >= 0.3 is 5.84 Å². The third-order valence-electron chi connectivity index (χ3n) is 1.40. The molecule has 0 fully saturated rings. The molecule has 1 aromatic heterocycles. The number of aryl methyl sites for hydroxylation is 1. The van der Waals surface area contributed by atoms with E-state index in [4.69, 9.17) is 0 Å². The molecule has 0 radical (unpaired) electrons. The van der Waals surface area contributed by atoms with Gasteiger partial charge in [-0.15, -0.1) is 5.10 Å². The monoisotopic (exact) mass is 213 g/mol. The van der Waals surface area contributed by atoms with Crippen molar-refractivity contribution >= 4 is 5.84 Å². The van der Waals surface area contributed by atoms with Gasteiger partial charge in [0.15, 0.2) is 0 Å². The molecule has 0 aliphatic rings.